The Morgan fingerprint density at radius 3 is 2.79 bits per heavy atom. The van der Waals surface area contributed by atoms with Crippen molar-refractivity contribution in [1.29, 1.82) is 0 Å². The second-order valence-electron chi connectivity index (χ2n) is 6.04. The first-order chi connectivity index (χ1) is 11.7. The summed E-state index contributed by atoms with van der Waals surface area (Å²) in [6.45, 7) is 2.02. The van der Waals surface area contributed by atoms with Gasteiger partial charge in [0.15, 0.2) is 0 Å². The molecule has 0 radical (unpaired) electrons. The number of methoxy groups -OCH3 is 1. The first-order valence-electron chi connectivity index (χ1n) is 8.10. The number of aromatic nitrogens is 1. The minimum Gasteiger partial charge on any atom is -0.497 e. The molecule has 4 heteroatoms. The predicted octanol–water partition coefficient (Wildman–Crippen LogP) is 4.11. The molecule has 2 aromatic rings. The number of carbonyl (C=O) groups is 1. The van der Waals surface area contributed by atoms with E-state index in [1.807, 2.05) is 37.3 Å². The van der Waals surface area contributed by atoms with Gasteiger partial charge in [-0.05, 0) is 60.7 Å². The van der Waals surface area contributed by atoms with Gasteiger partial charge in [-0.1, -0.05) is 12.1 Å². The van der Waals surface area contributed by atoms with Crippen molar-refractivity contribution >= 4 is 12.0 Å². The van der Waals surface area contributed by atoms with Crippen LogP contribution in [0.4, 0.5) is 0 Å². The molecule has 0 saturated heterocycles. The molecule has 1 aliphatic carbocycles. The van der Waals surface area contributed by atoms with Gasteiger partial charge < -0.3 is 9.47 Å². The van der Waals surface area contributed by atoms with E-state index in [9.17, 15) is 4.79 Å². The number of hydrogen-bond donors (Lipinski definition) is 0. The molecule has 124 valence electrons. The zero-order valence-electron chi connectivity index (χ0n) is 13.9. The number of carbonyl (C=O) groups excluding carboxylic acids is 1. The lowest BCUT2D eigenvalue weighted by Crippen LogP contribution is -2.12. The molecule has 1 aliphatic rings. The van der Waals surface area contributed by atoms with Gasteiger partial charge in [-0.25, -0.2) is 4.79 Å². The topological polar surface area (TPSA) is 48.4 Å². The number of nitrogens with zero attached hydrogens (tertiary/aromatic N) is 1. The molecule has 1 heterocycles. The van der Waals surface area contributed by atoms with E-state index in [2.05, 4.69) is 4.98 Å². The molecule has 1 saturated carbocycles. The van der Waals surface area contributed by atoms with Gasteiger partial charge in [0.25, 0.3) is 0 Å². The molecule has 0 amide bonds. The second kappa shape index (κ2) is 7.30. The number of benzene rings is 1. The third-order valence-corrected chi connectivity index (χ3v) is 4.17. The van der Waals surface area contributed by atoms with Crippen LogP contribution < -0.4 is 4.74 Å². The van der Waals surface area contributed by atoms with E-state index in [1.165, 1.54) is 6.08 Å². The summed E-state index contributed by atoms with van der Waals surface area (Å²) in [4.78, 5) is 16.2. The van der Waals surface area contributed by atoms with Crippen molar-refractivity contribution in [3.8, 4) is 5.75 Å². The fourth-order valence-corrected chi connectivity index (χ4v) is 2.71. The van der Waals surface area contributed by atoms with E-state index in [1.54, 1.807) is 25.6 Å². The van der Waals surface area contributed by atoms with E-state index >= 15 is 0 Å². The predicted molar refractivity (Wildman–Crippen MR) is 92.6 cm³/mol. The van der Waals surface area contributed by atoms with Crippen molar-refractivity contribution in [2.24, 2.45) is 5.92 Å². The van der Waals surface area contributed by atoms with Crippen molar-refractivity contribution in [2.75, 3.05) is 7.11 Å². The van der Waals surface area contributed by atoms with Gasteiger partial charge in [0.1, 0.15) is 11.9 Å². The van der Waals surface area contributed by atoms with Gasteiger partial charge in [-0.3, -0.25) is 4.98 Å². The highest BCUT2D eigenvalue weighted by molar-refractivity contribution is 5.87. The Kier molecular flexibility index (Phi) is 4.94. The van der Waals surface area contributed by atoms with Gasteiger partial charge in [0.2, 0.25) is 0 Å². The van der Waals surface area contributed by atoms with E-state index < -0.39 is 0 Å². The Morgan fingerprint density at radius 1 is 1.33 bits per heavy atom. The maximum Gasteiger partial charge on any atom is 0.331 e. The van der Waals surface area contributed by atoms with Crippen molar-refractivity contribution in [3.63, 3.8) is 0 Å². The van der Waals surface area contributed by atoms with Crippen LogP contribution in [0.25, 0.3) is 6.08 Å². The van der Waals surface area contributed by atoms with Gasteiger partial charge in [-0.15, -0.1) is 0 Å². The highest BCUT2D eigenvalue weighted by Crippen LogP contribution is 2.44. The average Bonchev–Trinajstić information content (AvgIpc) is 3.44. The Balaban J connectivity index is 1.73. The summed E-state index contributed by atoms with van der Waals surface area (Å²) >= 11 is 0. The van der Waals surface area contributed by atoms with E-state index in [0.29, 0.717) is 5.92 Å². The fourth-order valence-electron chi connectivity index (χ4n) is 2.71. The molecular formula is C20H21NO3. The SMILES string of the molecule is COc1ccc(C(OC(=O)/C=C/c2cccnc2)C2CC2)c(C)c1. The van der Waals surface area contributed by atoms with Gasteiger partial charge in [0, 0.05) is 24.4 Å². The summed E-state index contributed by atoms with van der Waals surface area (Å²) in [5.41, 5.74) is 3.01. The molecule has 0 aliphatic heterocycles. The van der Waals surface area contributed by atoms with E-state index in [0.717, 1.165) is 35.3 Å². The van der Waals surface area contributed by atoms with E-state index in [-0.39, 0.29) is 12.1 Å². The zero-order chi connectivity index (χ0) is 16.9. The maximum atomic E-state index is 12.2. The Morgan fingerprint density at radius 2 is 2.17 bits per heavy atom. The van der Waals surface area contributed by atoms with Crippen LogP contribution in [0, 0.1) is 12.8 Å². The number of pyridine rings is 1. The number of hydrogen-bond acceptors (Lipinski definition) is 4. The van der Waals surface area contributed by atoms with Crippen LogP contribution >= 0.6 is 0 Å². The first kappa shape index (κ1) is 16.2. The molecule has 4 nitrogen and oxygen atoms in total. The van der Waals surface area contributed by atoms with Crippen molar-refractivity contribution < 1.29 is 14.3 Å². The summed E-state index contributed by atoms with van der Waals surface area (Å²) in [6.07, 6.45) is 8.58. The highest BCUT2D eigenvalue weighted by Gasteiger charge is 2.35. The van der Waals surface area contributed by atoms with Crippen molar-refractivity contribution in [2.45, 2.75) is 25.9 Å². The molecule has 1 aromatic carbocycles. The van der Waals surface area contributed by atoms with Crippen LogP contribution in [0.3, 0.4) is 0 Å². The Hall–Kier alpha value is -2.62. The van der Waals surface area contributed by atoms with Crippen LogP contribution in [0.15, 0.2) is 48.8 Å². The number of ether oxygens (including phenoxy) is 2. The molecule has 0 spiro atoms. The number of rotatable bonds is 6. The van der Waals surface area contributed by atoms with E-state index in [4.69, 9.17) is 9.47 Å². The molecule has 0 bridgehead atoms. The standard InChI is InChI=1S/C20H21NO3/c1-14-12-17(23-2)8-9-18(14)20(16-6-7-16)24-19(22)10-5-15-4-3-11-21-13-15/h3-5,8-13,16,20H,6-7H2,1-2H3/b10-5+. The molecule has 1 unspecified atom stereocenters. The molecule has 1 atom stereocenters. The van der Waals surface area contributed by atoms with Crippen LogP contribution in [0.2, 0.25) is 0 Å². The molecule has 24 heavy (non-hydrogen) atoms. The lowest BCUT2D eigenvalue weighted by Gasteiger charge is -2.19. The van der Waals surface area contributed by atoms with Gasteiger partial charge in [-0.2, -0.15) is 0 Å². The summed E-state index contributed by atoms with van der Waals surface area (Å²) < 4.78 is 11.0. The maximum absolute atomic E-state index is 12.2. The Bertz CT molecular complexity index is 736. The summed E-state index contributed by atoms with van der Waals surface area (Å²) in [6, 6.07) is 9.61. The first-order valence-corrected chi connectivity index (χ1v) is 8.10. The monoisotopic (exact) mass is 323 g/mol. The van der Waals surface area contributed by atoms with Crippen LogP contribution in [-0.4, -0.2) is 18.1 Å². The van der Waals surface area contributed by atoms with Gasteiger partial charge in [0.05, 0.1) is 7.11 Å². The summed E-state index contributed by atoms with van der Waals surface area (Å²) in [5, 5.41) is 0. The third kappa shape index (κ3) is 4.02. The van der Waals surface area contributed by atoms with Gasteiger partial charge >= 0.3 is 5.97 Å². The smallest absolute Gasteiger partial charge is 0.331 e. The lowest BCUT2D eigenvalue weighted by atomic mass is 9.99. The molecule has 1 aromatic heterocycles. The normalized spacial score (nSPS) is 15.2. The van der Waals surface area contributed by atoms with Crippen molar-refractivity contribution in [3.05, 3.63) is 65.5 Å². The molecule has 3 rings (SSSR count). The molecule has 1 fully saturated rings. The number of aryl methyl sites for hydroxylation is 1. The van der Waals surface area contributed by atoms with Crippen LogP contribution in [0.1, 0.15) is 35.6 Å². The highest BCUT2D eigenvalue weighted by atomic mass is 16.5. The Labute approximate surface area is 142 Å². The second-order valence-corrected chi connectivity index (χ2v) is 6.04. The number of esters is 1. The molecule has 0 N–H and O–H groups in total. The quantitative estimate of drug-likeness (QED) is 0.593. The molecular weight excluding hydrogens is 302 g/mol. The van der Waals surface area contributed by atoms with Crippen molar-refractivity contribution in [1.82, 2.24) is 4.98 Å². The van der Waals surface area contributed by atoms with Crippen LogP contribution in [0.5, 0.6) is 5.75 Å². The summed E-state index contributed by atoms with van der Waals surface area (Å²) in [5.74, 6) is 0.896. The van der Waals surface area contributed by atoms with Crippen LogP contribution in [-0.2, 0) is 9.53 Å². The summed E-state index contributed by atoms with van der Waals surface area (Å²) in [7, 11) is 1.65. The fraction of sp³-hybridized carbons (Fsp3) is 0.300. The minimum atomic E-state index is -0.328. The average molecular weight is 323 g/mol. The lowest BCUT2D eigenvalue weighted by molar-refractivity contribution is -0.144. The zero-order valence-corrected chi connectivity index (χ0v) is 13.9. The largest absolute Gasteiger partial charge is 0.497 e. The third-order valence-electron chi connectivity index (χ3n) is 4.17. The minimum absolute atomic E-state index is 0.193.